The Hall–Kier alpha value is -1.09. The van der Waals surface area contributed by atoms with E-state index in [9.17, 15) is 4.39 Å². The van der Waals surface area contributed by atoms with Crippen molar-refractivity contribution in [2.24, 2.45) is 0 Å². The van der Waals surface area contributed by atoms with E-state index in [0.717, 1.165) is 5.39 Å². The molecule has 0 aliphatic heterocycles. The standard InChI is InChI=1S/C10H10ClFN2/c1-6(2)14-10-7(5-13-14)3-4-8(12)9(10)11/h3-6H,1-2H3. The lowest BCUT2D eigenvalue weighted by molar-refractivity contribution is 0.549. The summed E-state index contributed by atoms with van der Waals surface area (Å²) in [7, 11) is 0. The molecule has 1 aromatic heterocycles. The van der Waals surface area contributed by atoms with Gasteiger partial charge in [0.25, 0.3) is 0 Å². The SMILES string of the molecule is CC(C)n1ncc2ccc(F)c(Cl)c21. The maximum Gasteiger partial charge on any atom is 0.144 e. The minimum absolute atomic E-state index is 0.147. The summed E-state index contributed by atoms with van der Waals surface area (Å²) in [5.41, 5.74) is 0.668. The van der Waals surface area contributed by atoms with Gasteiger partial charge in [0.15, 0.2) is 0 Å². The molecule has 0 saturated carbocycles. The maximum absolute atomic E-state index is 13.2. The lowest BCUT2D eigenvalue weighted by atomic mass is 10.2. The second-order valence-corrected chi connectivity index (χ2v) is 3.86. The van der Waals surface area contributed by atoms with Crippen molar-refractivity contribution < 1.29 is 4.39 Å². The third kappa shape index (κ3) is 1.28. The molecule has 1 heterocycles. The van der Waals surface area contributed by atoms with Gasteiger partial charge in [0.2, 0.25) is 0 Å². The van der Waals surface area contributed by atoms with Gasteiger partial charge in [-0.15, -0.1) is 0 Å². The molecule has 0 N–H and O–H groups in total. The zero-order valence-electron chi connectivity index (χ0n) is 7.96. The molecule has 2 nitrogen and oxygen atoms in total. The van der Waals surface area contributed by atoms with Gasteiger partial charge in [0.05, 0.1) is 11.7 Å². The molecule has 0 amide bonds. The van der Waals surface area contributed by atoms with Crippen molar-refractivity contribution in [3.05, 3.63) is 29.2 Å². The van der Waals surface area contributed by atoms with Gasteiger partial charge in [-0.25, -0.2) is 4.39 Å². The summed E-state index contributed by atoms with van der Waals surface area (Å²) in [6.45, 7) is 3.96. The van der Waals surface area contributed by atoms with Gasteiger partial charge in [0, 0.05) is 11.4 Å². The summed E-state index contributed by atoms with van der Waals surface area (Å²) < 4.78 is 14.9. The summed E-state index contributed by atoms with van der Waals surface area (Å²) >= 11 is 5.88. The van der Waals surface area contributed by atoms with Crippen LogP contribution in [0.4, 0.5) is 4.39 Å². The molecular weight excluding hydrogens is 203 g/mol. The van der Waals surface area contributed by atoms with Crippen LogP contribution in [0.2, 0.25) is 5.02 Å². The van der Waals surface area contributed by atoms with E-state index in [1.54, 1.807) is 16.9 Å². The van der Waals surface area contributed by atoms with E-state index in [2.05, 4.69) is 5.10 Å². The van der Waals surface area contributed by atoms with E-state index in [1.165, 1.54) is 6.07 Å². The largest absolute Gasteiger partial charge is 0.261 e. The predicted molar refractivity (Wildman–Crippen MR) is 55.1 cm³/mol. The monoisotopic (exact) mass is 212 g/mol. The van der Waals surface area contributed by atoms with Crippen LogP contribution in [-0.4, -0.2) is 9.78 Å². The smallest absolute Gasteiger partial charge is 0.144 e. The summed E-state index contributed by atoms with van der Waals surface area (Å²) in [6, 6.07) is 3.21. The number of nitrogens with zero attached hydrogens (tertiary/aromatic N) is 2. The number of fused-ring (bicyclic) bond motifs is 1. The van der Waals surface area contributed by atoms with Crippen molar-refractivity contribution in [3.8, 4) is 0 Å². The molecule has 0 aliphatic rings. The molecule has 0 fully saturated rings. The van der Waals surface area contributed by atoms with E-state index in [-0.39, 0.29) is 11.1 Å². The minimum Gasteiger partial charge on any atom is -0.261 e. The van der Waals surface area contributed by atoms with Crippen molar-refractivity contribution in [2.45, 2.75) is 19.9 Å². The highest BCUT2D eigenvalue weighted by atomic mass is 35.5. The molecule has 2 rings (SSSR count). The molecule has 0 radical (unpaired) electrons. The summed E-state index contributed by atoms with van der Waals surface area (Å²) in [6.07, 6.45) is 1.70. The normalized spacial score (nSPS) is 11.5. The third-order valence-electron chi connectivity index (χ3n) is 2.14. The summed E-state index contributed by atoms with van der Waals surface area (Å²) in [4.78, 5) is 0. The predicted octanol–water partition coefficient (Wildman–Crippen LogP) is 3.41. The van der Waals surface area contributed by atoms with Gasteiger partial charge in [-0.3, -0.25) is 4.68 Å². The fraction of sp³-hybridized carbons (Fsp3) is 0.300. The number of hydrogen-bond donors (Lipinski definition) is 0. The van der Waals surface area contributed by atoms with E-state index in [0.29, 0.717) is 5.52 Å². The Morgan fingerprint density at radius 1 is 1.43 bits per heavy atom. The zero-order chi connectivity index (χ0) is 10.3. The Bertz CT molecular complexity index is 476. The fourth-order valence-corrected chi connectivity index (χ4v) is 1.72. The van der Waals surface area contributed by atoms with Gasteiger partial charge >= 0.3 is 0 Å². The average Bonchev–Trinajstić information content (AvgIpc) is 2.55. The van der Waals surface area contributed by atoms with Gasteiger partial charge < -0.3 is 0 Å². The van der Waals surface area contributed by atoms with Gasteiger partial charge in [-0.05, 0) is 26.0 Å². The van der Waals surface area contributed by atoms with Crippen LogP contribution in [-0.2, 0) is 0 Å². The number of aromatic nitrogens is 2. The van der Waals surface area contributed by atoms with E-state index in [1.807, 2.05) is 13.8 Å². The van der Waals surface area contributed by atoms with Crippen LogP contribution in [0.5, 0.6) is 0 Å². The Kier molecular flexibility index (Phi) is 2.19. The molecule has 0 saturated heterocycles. The molecule has 0 bridgehead atoms. The van der Waals surface area contributed by atoms with Crippen molar-refractivity contribution in [1.29, 1.82) is 0 Å². The average molecular weight is 213 g/mol. The number of hydrogen-bond acceptors (Lipinski definition) is 1. The quantitative estimate of drug-likeness (QED) is 0.709. The molecular formula is C10H10ClFN2. The van der Waals surface area contributed by atoms with Crippen molar-refractivity contribution >= 4 is 22.5 Å². The first kappa shape index (κ1) is 9.46. The van der Waals surface area contributed by atoms with Crippen molar-refractivity contribution in [2.75, 3.05) is 0 Å². The van der Waals surface area contributed by atoms with E-state index in [4.69, 9.17) is 11.6 Å². The summed E-state index contributed by atoms with van der Waals surface area (Å²) in [5, 5.41) is 5.18. The van der Waals surface area contributed by atoms with Gasteiger partial charge in [-0.2, -0.15) is 5.10 Å². The Balaban J connectivity index is 2.82. The highest BCUT2D eigenvalue weighted by Crippen LogP contribution is 2.27. The number of halogens is 2. The summed E-state index contributed by atoms with van der Waals surface area (Å²) in [5.74, 6) is -0.401. The van der Waals surface area contributed by atoms with Crippen molar-refractivity contribution in [1.82, 2.24) is 9.78 Å². The Morgan fingerprint density at radius 2 is 2.14 bits per heavy atom. The lowest BCUT2D eigenvalue weighted by Crippen LogP contribution is -2.02. The van der Waals surface area contributed by atoms with Crippen LogP contribution in [0.3, 0.4) is 0 Å². The molecule has 4 heteroatoms. The lowest BCUT2D eigenvalue weighted by Gasteiger charge is -2.08. The third-order valence-corrected chi connectivity index (χ3v) is 2.50. The highest BCUT2D eigenvalue weighted by Gasteiger charge is 2.12. The number of rotatable bonds is 1. The maximum atomic E-state index is 13.2. The first-order valence-corrected chi connectivity index (χ1v) is 4.80. The topological polar surface area (TPSA) is 17.8 Å². The first-order chi connectivity index (χ1) is 6.61. The number of benzene rings is 1. The second-order valence-electron chi connectivity index (χ2n) is 3.48. The molecule has 1 aromatic carbocycles. The Labute approximate surface area is 86.3 Å². The second kappa shape index (κ2) is 3.24. The fourth-order valence-electron chi connectivity index (χ4n) is 1.47. The van der Waals surface area contributed by atoms with Crippen LogP contribution >= 0.6 is 11.6 Å². The molecule has 2 aromatic rings. The van der Waals surface area contributed by atoms with Crippen LogP contribution in [0, 0.1) is 5.82 Å². The van der Waals surface area contributed by atoms with Crippen LogP contribution < -0.4 is 0 Å². The zero-order valence-corrected chi connectivity index (χ0v) is 8.72. The Morgan fingerprint density at radius 3 is 2.79 bits per heavy atom. The van der Waals surface area contributed by atoms with Crippen LogP contribution in [0.15, 0.2) is 18.3 Å². The van der Waals surface area contributed by atoms with Crippen LogP contribution in [0.1, 0.15) is 19.9 Å². The van der Waals surface area contributed by atoms with Gasteiger partial charge in [-0.1, -0.05) is 11.6 Å². The van der Waals surface area contributed by atoms with Gasteiger partial charge in [0.1, 0.15) is 10.8 Å². The molecule has 0 unspecified atom stereocenters. The van der Waals surface area contributed by atoms with Crippen molar-refractivity contribution in [3.63, 3.8) is 0 Å². The highest BCUT2D eigenvalue weighted by molar-refractivity contribution is 6.35. The molecule has 0 spiro atoms. The van der Waals surface area contributed by atoms with E-state index >= 15 is 0 Å². The first-order valence-electron chi connectivity index (χ1n) is 4.42. The molecule has 14 heavy (non-hydrogen) atoms. The molecule has 0 aliphatic carbocycles. The molecule has 74 valence electrons. The minimum atomic E-state index is -0.401. The molecule has 0 atom stereocenters. The van der Waals surface area contributed by atoms with Crippen LogP contribution in [0.25, 0.3) is 10.9 Å². The van der Waals surface area contributed by atoms with E-state index < -0.39 is 5.82 Å².